The van der Waals surface area contributed by atoms with Crippen LogP contribution in [0.1, 0.15) is 35.0 Å². The Morgan fingerprint density at radius 3 is 2.62 bits per heavy atom. The van der Waals surface area contributed by atoms with Crippen LogP contribution in [0, 0.1) is 13.8 Å². The zero-order valence-corrected chi connectivity index (χ0v) is 13.7. The smallest absolute Gasteiger partial charge is 0.265 e. The minimum atomic E-state index is -0.927. The third-order valence-corrected chi connectivity index (χ3v) is 4.07. The number of likely N-dealkylation sites (N-methyl/N-ethyl adjacent to an activating group) is 1. The van der Waals surface area contributed by atoms with Gasteiger partial charge in [0.1, 0.15) is 10.6 Å². The van der Waals surface area contributed by atoms with Gasteiger partial charge in [0.15, 0.2) is 10.8 Å². The number of amides is 1. The highest BCUT2D eigenvalue weighted by Gasteiger charge is 2.24. The molecule has 0 aliphatic heterocycles. The summed E-state index contributed by atoms with van der Waals surface area (Å²) in [5, 5.41) is 10.5. The molecular formula is C15H20N2O3S. The zero-order valence-electron chi connectivity index (χ0n) is 12.9. The molecule has 0 fully saturated rings. The first-order valence-electron chi connectivity index (χ1n) is 6.69. The van der Waals surface area contributed by atoms with Gasteiger partial charge < -0.3 is 14.4 Å². The van der Waals surface area contributed by atoms with Gasteiger partial charge in [-0.05, 0) is 39.8 Å². The van der Waals surface area contributed by atoms with Crippen molar-refractivity contribution in [2.24, 2.45) is 0 Å². The quantitative estimate of drug-likeness (QED) is 0.943. The minimum Gasteiger partial charge on any atom is -0.459 e. The lowest BCUT2D eigenvalue weighted by atomic mass is 10.1. The van der Waals surface area contributed by atoms with Crippen LogP contribution >= 0.6 is 11.3 Å². The maximum atomic E-state index is 12.4. The first-order valence-corrected chi connectivity index (χ1v) is 7.51. The third-order valence-electron chi connectivity index (χ3n) is 2.91. The van der Waals surface area contributed by atoms with Crippen molar-refractivity contribution < 1.29 is 14.3 Å². The number of hydrogen-bond acceptors (Lipinski definition) is 5. The second kappa shape index (κ2) is 5.61. The monoisotopic (exact) mass is 308 g/mol. The van der Waals surface area contributed by atoms with Gasteiger partial charge in [0.05, 0.1) is 11.3 Å². The van der Waals surface area contributed by atoms with Gasteiger partial charge in [0.25, 0.3) is 5.91 Å². The molecule has 0 saturated carbocycles. The molecule has 0 atom stereocenters. The zero-order chi connectivity index (χ0) is 15.8. The van der Waals surface area contributed by atoms with Gasteiger partial charge in [0, 0.05) is 13.6 Å². The largest absolute Gasteiger partial charge is 0.459 e. The highest BCUT2D eigenvalue weighted by molar-refractivity contribution is 7.17. The fourth-order valence-corrected chi connectivity index (χ4v) is 3.10. The van der Waals surface area contributed by atoms with Crippen LogP contribution in [-0.4, -0.2) is 40.1 Å². The van der Waals surface area contributed by atoms with Crippen LogP contribution in [0.25, 0.3) is 10.8 Å². The summed E-state index contributed by atoms with van der Waals surface area (Å²) in [6.45, 7) is 7.28. The SMILES string of the molecule is Cc1ccc(-c2nc(C)c(C(=O)N(C)CC(C)(C)O)s2)o1. The van der Waals surface area contributed by atoms with E-state index in [2.05, 4.69) is 4.98 Å². The highest BCUT2D eigenvalue weighted by Crippen LogP contribution is 2.30. The van der Waals surface area contributed by atoms with Gasteiger partial charge in [-0.25, -0.2) is 4.98 Å². The summed E-state index contributed by atoms with van der Waals surface area (Å²) in [6, 6.07) is 3.72. The molecule has 0 aromatic carbocycles. The summed E-state index contributed by atoms with van der Waals surface area (Å²) in [6.07, 6.45) is 0. The molecule has 6 heteroatoms. The number of thiazole rings is 1. The fourth-order valence-electron chi connectivity index (χ4n) is 2.08. The van der Waals surface area contributed by atoms with Gasteiger partial charge in [-0.3, -0.25) is 4.79 Å². The molecule has 0 unspecified atom stereocenters. The Morgan fingerprint density at radius 2 is 2.10 bits per heavy atom. The predicted octanol–water partition coefficient (Wildman–Crippen LogP) is 2.86. The average Bonchev–Trinajstić information content (AvgIpc) is 2.92. The normalized spacial score (nSPS) is 11.7. The number of rotatable bonds is 4. The maximum absolute atomic E-state index is 12.4. The second-order valence-corrected chi connectivity index (χ2v) is 6.82. The van der Waals surface area contributed by atoms with Crippen LogP contribution in [0.4, 0.5) is 0 Å². The van der Waals surface area contributed by atoms with Crippen molar-refractivity contribution in [2.45, 2.75) is 33.3 Å². The summed E-state index contributed by atoms with van der Waals surface area (Å²) < 4.78 is 5.54. The molecule has 2 rings (SSSR count). The third kappa shape index (κ3) is 3.71. The molecule has 0 aliphatic carbocycles. The second-order valence-electron chi connectivity index (χ2n) is 5.82. The van der Waals surface area contributed by atoms with Crippen molar-refractivity contribution in [3.63, 3.8) is 0 Å². The number of aryl methyl sites for hydroxylation is 2. The van der Waals surface area contributed by atoms with E-state index < -0.39 is 5.60 Å². The van der Waals surface area contributed by atoms with E-state index in [-0.39, 0.29) is 12.5 Å². The van der Waals surface area contributed by atoms with E-state index in [0.717, 1.165) is 5.76 Å². The van der Waals surface area contributed by atoms with Crippen molar-refractivity contribution in [3.8, 4) is 10.8 Å². The Labute approximate surface area is 128 Å². The predicted molar refractivity (Wildman–Crippen MR) is 82.5 cm³/mol. The molecule has 5 nitrogen and oxygen atoms in total. The maximum Gasteiger partial charge on any atom is 0.265 e. The Bertz CT molecular complexity index is 652. The summed E-state index contributed by atoms with van der Waals surface area (Å²) in [4.78, 5) is 18.9. The summed E-state index contributed by atoms with van der Waals surface area (Å²) in [5.41, 5.74) is -0.249. The highest BCUT2D eigenvalue weighted by atomic mass is 32.1. The molecule has 2 aromatic rings. The molecular weight excluding hydrogens is 288 g/mol. The molecule has 114 valence electrons. The summed E-state index contributed by atoms with van der Waals surface area (Å²) in [5.74, 6) is 1.34. The Kier molecular flexibility index (Phi) is 4.20. The van der Waals surface area contributed by atoms with E-state index in [0.29, 0.717) is 21.3 Å². The van der Waals surface area contributed by atoms with Crippen molar-refractivity contribution in [2.75, 3.05) is 13.6 Å². The lowest BCUT2D eigenvalue weighted by Crippen LogP contribution is -2.39. The van der Waals surface area contributed by atoms with E-state index in [1.54, 1.807) is 27.8 Å². The van der Waals surface area contributed by atoms with Crippen molar-refractivity contribution in [1.82, 2.24) is 9.88 Å². The number of furan rings is 1. The van der Waals surface area contributed by atoms with E-state index in [1.165, 1.54) is 16.2 Å². The topological polar surface area (TPSA) is 66.6 Å². The van der Waals surface area contributed by atoms with Crippen LogP contribution < -0.4 is 0 Å². The van der Waals surface area contributed by atoms with Gasteiger partial charge in [-0.15, -0.1) is 11.3 Å². The van der Waals surface area contributed by atoms with E-state index in [1.807, 2.05) is 19.1 Å². The molecule has 21 heavy (non-hydrogen) atoms. The molecule has 0 radical (unpaired) electrons. The minimum absolute atomic E-state index is 0.137. The van der Waals surface area contributed by atoms with Crippen LogP contribution in [0.15, 0.2) is 16.5 Å². The van der Waals surface area contributed by atoms with Gasteiger partial charge in [-0.1, -0.05) is 0 Å². The molecule has 0 bridgehead atoms. The first-order chi connectivity index (χ1) is 9.67. The summed E-state index contributed by atoms with van der Waals surface area (Å²) >= 11 is 1.31. The van der Waals surface area contributed by atoms with Gasteiger partial charge in [0.2, 0.25) is 0 Å². The van der Waals surface area contributed by atoms with Crippen LogP contribution in [0.5, 0.6) is 0 Å². The molecule has 2 aromatic heterocycles. The number of hydrogen-bond donors (Lipinski definition) is 1. The Balaban J connectivity index is 2.25. The van der Waals surface area contributed by atoms with E-state index in [9.17, 15) is 9.90 Å². The first kappa shape index (κ1) is 15.7. The van der Waals surface area contributed by atoms with Crippen molar-refractivity contribution >= 4 is 17.2 Å². The van der Waals surface area contributed by atoms with Crippen LogP contribution in [0.2, 0.25) is 0 Å². The number of aromatic nitrogens is 1. The van der Waals surface area contributed by atoms with Crippen LogP contribution in [0.3, 0.4) is 0 Å². The van der Waals surface area contributed by atoms with Crippen molar-refractivity contribution in [3.05, 3.63) is 28.5 Å². The molecule has 0 aliphatic rings. The van der Waals surface area contributed by atoms with Crippen molar-refractivity contribution in [1.29, 1.82) is 0 Å². The molecule has 1 amide bonds. The lowest BCUT2D eigenvalue weighted by Gasteiger charge is -2.25. The summed E-state index contributed by atoms with van der Waals surface area (Å²) in [7, 11) is 1.68. The van der Waals surface area contributed by atoms with E-state index >= 15 is 0 Å². The molecule has 2 heterocycles. The molecule has 1 N–H and O–H groups in total. The Hall–Kier alpha value is -1.66. The molecule has 0 spiro atoms. The van der Waals surface area contributed by atoms with Gasteiger partial charge in [-0.2, -0.15) is 0 Å². The average molecular weight is 308 g/mol. The van der Waals surface area contributed by atoms with Crippen LogP contribution in [-0.2, 0) is 0 Å². The fraction of sp³-hybridized carbons (Fsp3) is 0.467. The number of carbonyl (C=O) groups is 1. The van der Waals surface area contributed by atoms with Gasteiger partial charge >= 0.3 is 0 Å². The lowest BCUT2D eigenvalue weighted by molar-refractivity contribution is 0.0370. The standard InChI is InChI=1S/C15H20N2O3S/c1-9-6-7-11(20-9)13-16-10(2)12(21-13)14(18)17(5)8-15(3,4)19/h6-7,19H,8H2,1-5H3. The number of carbonyl (C=O) groups excluding carboxylic acids is 1. The number of aliphatic hydroxyl groups is 1. The number of nitrogens with zero attached hydrogens (tertiary/aromatic N) is 2. The van der Waals surface area contributed by atoms with E-state index in [4.69, 9.17) is 4.42 Å². The Morgan fingerprint density at radius 1 is 1.43 bits per heavy atom. The molecule has 0 saturated heterocycles.